The highest BCUT2D eigenvalue weighted by molar-refractivity contribution is 5.46. The highest BCUT2D eigenvalue weighted by Crippen LogP contribution is 2.10. The number of rotatable bonds is 4. The zero-order valence-electron chi connectivity index (χ0n) is 9.23. The first-order chi connectivity index (χ1) is 7.74. The first-order valence-electron chi connectivity index (χ1n) is 5.12. The minimum atomic E-state index is 0.180. The topological polar surface area (TPSA) is 106 Å². The maximum atomic E-state index is 5.57. The van der Waals surface area contributed by atoms with Crippen molar-refractivity contribution in [1.29, 1.82) is 0 Å². The van der Waals surface area contributed by atoms with Crippen LogP contribution in [-0.4, -0.2) is 37.7 Å². The summed E-state index contributed by atoms with van der Waals surface area (Å²) >= 11 is 0. The normalized spacial score (nSPS) is 10.6. The number of nitrogens with zero attached hydrogens (tertiary/aromatic N) is 5. The van der Waals surface area contributed by atoms with E-state index < -0.39 is 0 Å². The Morgan fingerprint density at radius 3 is 2.56 bits per heavy atom. The molecule has 0 aromatic carbocycles. The lowest BCUT2D eigenvalue weighted by molar-refractivity contribution is 0.891. The number of nitrogen functional groups attached to an aromatic ring is 1. The molecule has 0 saturated heterocycles. The number of fused-ring (bicyclic) bond motifs is 1. The van der Waals surface area contributed by atoms with Gasteiger partial charge in [0.15, 0.2) is 0 Å². The van der Waals surface area contributed by atoms with Crippen LogP contribution >= 0.6 is 0 Å². The summed E-state index contributed by atoms with van der Waals surface area (Å²) in [6.45, 7) is 5.40. The molecule has 16 heavy (non-hydrogen) atoms. The lowest BCUT2D eigenvalue weighted by Crippen LogP contribution is -2.10. The summed E-state index contributed by atoms with van der Waals surface area (Å²) in [5, 5.41) is 10.3. The molecule has 2 aromatic heterocycles. The predicted molar refractivity (Wildman–Crippen MR) is 61.3 cm³/mol. The molecular formula is C8H14N8. The molecule has 8 heteroatoms. The molecule has 0 unspecified atom stereocenters. The van der Waals surface area contributed by atoms with Crippen LogP contribution in [0.5, 0.6) is 0 Å². The third-order valence-electron chi connectivity index (χ3n) is 1.90. The molecule has 0 fully saturated rings. The molecule has 0 amide bonds. The monoisotopic (exact) mass is 222 g/mol. The Kier molecular flexibility index (Phi) is 2.71. The number of aromatic nitrogens is 5. The molecule has 4 N–H and O–H groups in total. The van der Waals surface area contributed by atoms with Gasteiger partial charge in [-0.3, -0.25) is 0 Å². The van der Waals surface area contributed by atoms with Crippen LogP contribution in [0.2, 0.25) is 0 Å². The number of nitrogens with one attached hydrogen (secondary N) is 2. The quantitative estimate of drug-likeness (QED) is 0.666. The molecule has 0 radical (unpaired) electrons. The highest BCUT2D eigenvalue weighted by Gasteiger charge is 2.09. The van der Waals surface area contributed by atoms with Crippen LogP contribution < -0.4 is 16.4 Å². The minimum Gasteiger partial charge on any atom is -0.368 e. The lowest BCUT2D eigenvalue weighted by Gasteiger charge is -2.03. The summed E-state index contributed by atoms with van der Waals surface area (Å²) in [5.74, 6) is 1.67. The Labute approximate surface area is 92.3 Å². The van der Waals surface area contributed by atoms with Gasteiger partial charge in [0.25, 0.3) is 5.78 Å². The summed E-state index contributed by atoms with van der Waals surface area (Å²) in [7, 11) is 0. The standard InChI is InChI=1S/C8H14N8/c1-3-10-6-14-8-13-5(9)12-7(11-4-2)16(8)15-6/h3-4H2,1-2H3,(H4,9,10,11,12,13,14,15). The van der Waals surface area contributed by atoms with Crippen LogP contribution in [0.1, 0.15) is 13.8 Å². The minimum absolute atomic E-state index is 0.180. The van der Waals surface area contributed by atoms with E-state index in [4.69, 9.17) is 5.73 Å². The van der Waals surface area contributed by atoms with E-state index in [1.165, 1.54) is 4.52 Å². The molecular weight excluding hydrogens is 208 g/mol. The third-order valence-corrected chi connectivity index (χ3v) is 1.90. The molecule has 0 spiro atoms. The maximum absolute atomic E-state index is 5.57. The van der Waals surface area contributed by atoms with Gasteiger partial charge in [0, 0.05) is 13.1 Å². The second-order valence-electron chi connectivity index (χ2n) is 3.11. The fourth-order valence-electron chi connectivity index (χ4n) is 1.31. The van der Waals surface area contributed by atoms with Crippen molar-refractivity contribution in [3.8, 4) is 0 Å². The van der Waals surface area contributed by atoms with E-state index in [2.05, 4.69) is 30.7 Å². The Morgan fingerprint density at radius 1 is 1.12 bits per heavy atom. The van der Waals surface area contributed by atoms with E-state index in [0.717, 1.165) is 13.1 Å². The van der Waals surface area contributed by atoms with E-state index in [-0.39, 0.29) is 5.95 Å². The van der Waals surface area contributed by atoms with Crippen molar-refractivity contribution >= 4 is 23.6 Å². The SMILES string of the molecule is CCNc1nc2nc(N)nc(NCC)n2n1. The van der Waals surface area contributed by atoms with E-state index >= 15 is 0 Å². The zero-order valence-corrected chi connectivity index (χ0v) is 9.23. The first-order valence-corrected chi connectivity index (χ1v) is 5.12. The number of hydrogen-bond acceptors (Lipinski definition) is 7. The highest BCUT2D eigenvalue weighted by atomic mass is 15.4. The molecule has 2 heterocycles. The zero-order chi connectivity index (χ0) is 11.5. The van der Waals surface area contributed by atoms with Gasteiger partial charge in [0.05, 0.1) is 0 Å². The Hall–Kier alpha value is -2.12. The van der Waals surface area contributed by atoms with Crippen molar-refractivity contribution in [2.75, 3.05) is 29.5 Å². The summed E-state index contributed by atoms with van der Waals surface area (Å²) in [6, 6.07) is 0. The fourth-order valence-corrected chi connectivity index (χ4v) is 1.31. The molecule has 2 aromatic rings. The third kappa shape index (κ3) is 1.81. The fraction of sp³-hybridized carbons (Fsp3) is 0.500. The Balaban J connectivity index is 2.51. The summed E-state index contributed by atoms with van der Waals surface area (Å²) in [5.41, 5.74) is 5.57. The van der Waals surface area contributed by atoms with Gasteiger partial charge in [-0.15, -0.1) is 5.10 Å². The summed E-state index contributed by atoms with van der Waals surface area (Å²) < 4.78 is 1.53. The molecule has 2 rings (SSSR count). The summed E-state index contributed by atoms with van der Waals surface area (Å²) in [6.07, 6.45) is 0. The van der Waals surface area contributed by atoms with Gasteiger partial charge in [0.2, 0.25) is 17.8 Å². The Morgan fingerprint density at radius 2 is 1.88 bits per heavy atom. The van der Waals surface area contributed by atoms with Crippen LogP contribution in [0.25, 0.3) is 5.78 Å². The van der Waals surface area contributed by atoms with Gasteiger partial charge >= 0.3 is 0 Å². The smallest absolute Gasteiger partial charge is 0.260 e. The molecule has 0 bridgehead atoms. The molecule has 0 atom stereocenters. The van der Waals surface area contributed by atoms with Crippen LogP contribution in [-0.2, 0) is 0 Å². The van der Waals surface area contributed by atoms with Gasteiger partial charge < -0.3 is 16.4 Å². The van der Waals surface area contributed by atoms with Gasteiger partial charge in [0.1, 0.15) is 0 Å². The van der Waals surface area contributed by atoms with Crippen molar-refractivity contribution in [2.45, 2.75) is 13.8 Å². The molecule has 0 saturated carbocycles. The maximum Gasteiger partial charge on any atom is 0.260 e. The first kappa shape index (κ1) is 10.4. The van der Waals surface area contributed by atoms with Crippen LogP contribution in [0.15, 0.2) is 0 Å². The molecule has 86 valence electrons. The predicted octanol–water partition coefficient (Wildman–Crippen LogP) is -0.0349. The number of nitrogens with two attached hydrogens (primary N) is 1. The van der Waals surface area contributed by atoms with Crippen molar-refractivity contribution in [1.82, 2.24) is 24.6 Å². The van der Waals surface area contributed by atoms with Crippen LogP contribution in [0.3, 0.4) is 0 Å². The van der Waals surface area contributed by atoms with E-state index in [1.807, 2.05) is 13.8 Å². The second kappa shape index (κ2) is 4.17. The van der Waals surface area contributed by atoms with Crippen LogP contribution in [0, 0.1) is 0 Å². The average molecular weight is 222 g/mol. The van der Waals surface area contributed by atoms with Crippen molar-refractivity contribution in [2.24, 2.45) is 0 Å². The van der Waals surface area contributed by atoms with Gasteiger partial charge in [-0.25, -0.2) is 0 Å². The van der Waals surface area contributed by atoms with Gasteiger partial charge in [-0.05, 0) is 13.8 Å². The van der Waals surface area contributed by atoms with Crippen LogP contribution in [0.4, 0.5) is 17.8 Å². The van der Waals surface area contributed by atoms with Crippen molar-refractivity contribution in [3.05, 3.63) is 0 Å². The largest absolute Gasteiger partial charge is 0.368 e. The van der Waals surface area contributed by atoms with E-state index in [9.17, 15) is 0 Å². The lowest BCUT2D eigenvalue weighted by atomic mass is 10.7. The number of hydrogen-bond donors (Lipinski definition) is 3. The van der Waals surface area contributed by atoms with Crippen molar-refractivity contribution < 1.29 is 0 Å². The van der Waals surface area contributed by atoms with Gasteiger partial charge in [-0.2, -0.15) is 19.5 Å². The second-order valence-corrected chi connectivity index (χ2v) is 3.11. The van der Waals surface area contributed by atoms with Crippen molar-refractivity contribution in [3.63, 3.8) is 0 Å². The molecule has 0 aliphatic carbocycles. The molecule has 0 aliphatic rings. The molecule has 8 nitrogen and oxygen atoms in total. The number of anilines is 3. The van der Waals surface area contributed by atoms with E-state index in [1.54, 1.807) is 0 Å². The summed E-state index contributed by atoms with van der Waals surface area (Å²) in [4.78, 5) is 12.2. The van der Waals surface area contributed by atoms with E-state index in [0.29, 0.717) is 17.7 Å². The average Bonchev–Trinajstić information content (AvgIpc) is 2.61. The van der Waals surface area contributed by atoms with Gasteiger partial charge in [-0.1, -0.05) is 0 Å². The Bertz CT molecular complexity index is 490. The molecule has 0 aliphatic heterocycles.